The summed E-state index contributed by atoms with van der Waals surface area (Å²) in [4.78, 5) is 25.3. The van der Waals surface area contributed by atoms with E-state index in [1.165, 1.54) is 26.6 Å². The van der Waals surface area contributed by atoms with Crippen LogP contribution in [0.15, 0.2) is 52.8 Å². The van der Waals surface area contributed by atoms with Gasteiger partial charge < -0.3 is 28.5 Å². The van der Waals surface area contributed by atoms with Crippen molar-refractivity contribution in [2.75, 3.05) is 14.2 Å². The van der Waals surface area contributed by atoms with Crippen LogP contribution in [0, 0.1) is 0 Å². The van der Waals surface area contributed by atoms with Crippen LogP contribution in [0.5, 0.6) is 28.7 Å². The maximum Gasteiger partial charge on any atom is 0.312 e. The van der Waals surface area contributed by atoms with Gasteiger partial charge >= 0.3 is 5.97 Å². The maximum atomic E-state index is 12.9. The minimum absolute atomic E-state index is 0.00925. The van der Waals surface area contributed by atoms with Crippen LogP contribution < -0.4 is 18.9 Å². The van der Waals surface area contributed by atoms with Gasteiger partial charge in [0.2, 0.25) is 11.5 Å². The molecule has 5 rings (SSSR count). The van der Waals surface area contributed by atoms with Crippen LogP contribution in [-0.2, 0) is 4.79 Å². The molecular formula is C24H18O8. The number of furan rings is 1. The third-order valence-electron chi connectivity index (χ3n) is 5.50. The van der Waals surface area contributed by atoms with Crippen LogP contribution in [0.3, 0.4) is 0 Å². The van der Waals surface area contributed by atoms with E-state index in [2.05, 4.69) is 0 Å². The van der Waals surface area contributed by atoms with E-state index < -0.39 is 11.9 Å². The molecule has 0 unspecified atom stereocenters. The first-order chi connectivity index (χ1) is 15.5. The minimum Gasteiger partial charge on any atom is -0.502 e. The van der Waals surface area contributed by atoms with E-state index in [4.69, 9.17) is 23.4 Å². The number of rotatable bonds is 4. The lowest BCUT2D eigenvalue weighted by atomic mass is 9.84. The molecular weight excluding hydrogens is 416 g/mol. The van der Waals surface area contributed by atoms with Crippen molar-refractivity contribution in [3.05, 3.63) is 70.9 Å². The third-order valence-corrected chi connectivity index (χ3v) is 5.50. The highest BCUT2D eigenvalue weighted by Gasteiger charge is 2.39. The lowest BCUT2D eigenvalue weighted by Gasteiger charge is -2.27. The number of aromatic hydroxyl groups is 1. The highest BCUT2D eigenvalue weighted by molar-refractivity contribution is 6.15. The number of ether oxygens (including phenoxy) is 4. The van der Waals surface area contributed by atoms with Crippen LogP contribution in [0.2, 0.25) is 0 Å². The summed E-state index contributed by atoms with van der Waals surface area (Å²) in [5.41, 5.74) is 1.57. The Hall–Kier alpha value is -4.20. The molecule has 0 radical (unpaired) electrons. The molecule has 0 spiro atoms. The van der Waals surface area contributed by atoms with E-state index in [1.807, 2.05) is 0 Å². The van der Waals surface area contributed by atoms with E-state index in [0.29, 0.717) is 33.9 Å². The Morgan fingerprint density at radius 2 is 1.81 bits per heavy atom. The van der Waals surface area contributed by atoms with Crippen molar-refractivity contribution < 1.29 is 38.1 Å². The Balaban J connectivity index is 1.66. The first-order valence-corrected chi connectivity index (χ1v) is 9.80. The second kappa shape index (κ2) is 7.49. The van der Waals surface area contributed by atoms with E-state index in [0.717, 1.165) is 0 Å². The molecule has 3 aromatic rings. The lowest BCUT2D eigenvalue weighted by molar-refractivity contribution is -0.135. The lowest BCUT2D eigenvalue weighted by Crippen LogP contribution is -2.21. The second-order valence-corrected chi connectivity index (χ2v) is 7.31. The third kappa shape index (κ3) is 3.08. The fourth-order valence-electron chi connectivity index (χ4n) is 4.01. The van der Waals surface area contributed by atoms with Crippen molar-refractivity contribution >= 4 is 17.8 Å². The summed E-state index contributed by atoms with van der Waals surface area (Å²) in [6.45, 7) is 0. The Bertz CT molecular complexity index is 1240. The van der Waals surface area contributed by atoms with Crippen LogP contribution >= 0.6 is 0 Å². The topological polar surface area (TPSA) is 104 Å². The number of benzene rings is 2. The summed E-state index contributed by atoms with van der Waals surface area (Å²) < 4.78 is 27.2. The average molecular weight is 434 g/mol. The summed E-state index contributed by atoms with van der Waals surface area (Å²) in [6, 6.07) is 9.84. The zero-order valence-electron chi connectivity index (χ0n) is 17.2. The number of Topliss-reactive ketones (excluding diaryl/α,β-unsaturated/α-hetero) is 1. The molecule has 0 aliphatic carbocycles. The zero-order chi connectivity index (χ0) is 22.4. The number of phenols is 1. The number of carbonyl (C=O) groups is 2. The normalized spacial score (nSPS) is 18.1. The largest absolute Gasteiger partial charge is 0.502 e. The molecule has 0 amide bonds. The molecule has 32 heavy (non-hydrogen) atoms. The van der Waals surface area contributed by atoms with Gasteiger partial charge in [-0.3, -0.25) is 9.59 Å². The molecule has 8 nitrogen and oxygen atoms in total. The predicted octanol–water partition coefficient (Wildman–Crippen LogP) is 4.06. The molecule has 3 heterocycles. The Labute approximate surface area is 182 Å². The Morgan fingerprint density at radius 1 is 1.06 bits per heavy atom. The number of esters is 1. The van der Waals surface area contributed by atoms with E-state index in [9.17, 15) is 14.7 Å². The van der Waals surface area contributed by atoms with Gasteiger partial charge in [0, 0.05) is 17.6 Å². The summed E-state index contributed by atoms with van der Waals surface area (Å²) in [7, 11) is 2.85. The number of hydrogen-bond donors (Lipinski definition) is 1. The molecule has 2 aliphatic rings. The molecule has 1 atom stereocenters. The Kier molecular flexibility index (Phi) is 4.62. The monoisotopic (exact) mass is 434 g/mol. The molecule has 162 valence electrons. The van der Waals surface area contributed by atoms with E-state index >= 15 is 0 Å². The highest BCUT2D eigenvalue weighted by Crippen LogP contribution is 2.51. The van der Waals surface area contributed by atoms with Crippen molar-refractivity contribution in [3.8, 4) is 28.7 Å². The second-order valence-electron chi connectivity index (χ2n) is 7.31. The first kappa shape index (κ1) is 19.7. The first-order valence-electron chi connectivity index (χ1n) is 9.80. The number of phenolic OH excluding ortho intramolecular Hbond substituents is 1. The number of allylic oxidation sites excluding steroid dienone is 1. The molecule has 2 aliphatic heterocycles. The van der Waals surface area contributed by atoms with Gasteiger partial charge in [-0.1, -0.05) is 0 Å². The quantitative estimate of drug-likeness (QED) is 0.372. The fourth-order valence-corrected chi connectivity index (χ4v) is 4.01. The molecule has 0 bridgehead atoms. The standard InChI is InChI=1S/C24H18O8/c1-28-17-8-12(9-18(29-2)23(17)27)15-11-20(25)31-16-6-5-14-22(26)19(32-24(14)21(15)16)10-13-4-3-7-30-13/h3-10,15,27H,11H2,1-2H3/b19-10-/t15-/m0/s1. The fraction of sp³-hybridized carbons (Fsp3) is 0.167. The van der Waals surface area contributed by atoms with Crippen LogP contribution in [0.1, 0.15) is 39.6 Å². The van der Waals surface area contributed by atoms with Crippen molar-refractivity contribution in [1.29, 1.82) is 0 Å². The molecule has 1 N–H and O–H groups in total. The van der Waals surface area contributed by atoms with Crippen molar-refractivity contribution in [2.24, 2.45) is 0 Å². The Morgan fingerprint density at radius 3 is 2.47 bits per heavy atom. The number of carbonyl (C=O) groups excluding carboxylic acids is 2. The summed E-state index contributed by atoms with van der Waals surface area (Å²) in [6.07, 6.45) is 3.03. The van der Waals surface area contributed by atoms with Gasteiger partial charge in [0.25, 0.3) is 0 Å². The van der Waals surface area contributed by atoms with Crippen molar-refractivity contribution in [1.82, 2.24) is 0 Å². The molecule has 8 heteroatoms. The van der Waals surface area contributed by atoms with Crippen LogP contribution in [0.4, 0.5) is 0 Å². The van der Waals surface area contributed by atoms with Gasteiger partial charge in [0.15, 0.2) is 17.3 Å². The number of ketones is 1. The summed E-state index contributed by atoms with van der Waals surface area (Å²) in [5, 5.41) is 10.3. The zero-order valence-corrected chi connectivity index (χ0v) is 17.2. The summed E-state index contributed by atoms with van der Waals surface area (Å²) >= 11 is 0. The van der Waals surface area contributed by atoms with Crippen LogP contribution in [-0.4, -0.2) is 31.1 Å². The van der Waals surface area contributed by atoms with E-state index in [-0.39, 0.29) is 35.2 Å². The number of hydrogen-bond acceptors (Lipinski definition) is 8. The number of fused-ring (bicyclic) bond motifs is 3. The van der Waals surface area contributed by atoms with Gasteiger partial charge in [0.05, 0.1) is 32.5 Å². The van der Waals surface area contributed by atoms with Gasteiger partial charge in [-0.2, -0.15) is 0 Å². The molecule has 0 saturated heterocycles. The number of methoxy groups -OCH3 is 2. The van der Waals surface area contributed by atoms with Gasteiger partial charge in [0.1, 0.15) is 17.3 Å². The predicted molar refractivity (Wildman–Crippen MR) is 111 cm³/mol. The van der Waals surface area contributed by atoms with Gasteiger partial charge in [-0.05, 0) is 42.0 Å². The smallest absolute Gasteiger partial charge is 0.312 e. The average Bonchev–Trinajstić information content (AvgIpc) is 3.41. The van der Waals surface area contributed by atoms with E-state index in [1.54, 1.807) is 36.4 Å². The van der Waals surface area contributed by atoms with Crippen molar-refractivity contribution in [2.45, 2.75) is 12.3 Å². The highest BCUT2D eigenvalue weighted by atomic mass is 16.5. The molecule has 0 saturated carbocycles. The maximum absolute atomic E-state index is 12.9. The minimum atomic E-state index is -0.514. The SMILES string of the molecule is COc1cc([C@@H]2CC(=O)Oc3ccc4c(c32)O/C(=C\c2ccco2)C4=O)cc(OC)c1O. The molecule has 2 aromatic carbocycles. The van der Waals surface area contributed by atoms with Crippen molar-refractivity contribution in [3.63, 3.8) is 0 Å². The van der Waals surface area contributed by atoms with Gasteiger partial charge in [-0.25, -0.2) is 0 Å². The molecule has 0 fully saturated rings. The van der Waals surface area contributed by atoms with Crippen LogP contribution in [0.25, 0.3) is 6.08 Å². The van der Waals surface area contributed by atoms with Gasteiger partial charge in [-0.15, -0.1) is 0 Å². The summed E-state index contributed by atoms with van der Waals surface area (Å²) in [5.74, 6) is 0.235. The molecule has 1 aromatic heterocycles.